The highest BCUT2D eigenvalue weighted by Crippen LogP contribution is 2.27. The second kappa shape index (κ2) is 5.64. The van der Waals surface area contributed by atoms with Gasteiger partial charge in [0.1, 0.15) is 10.8 Å². The largest absolute Gasteiger partial charge is 0.308 e. The van der Waals surface area contributed by atoms with Gasteiger partial charge in [0, 0.05) is 5.56 Å². The summed E-state index contributed by atoms with van der Waals surface area (Å²) in [5.74, 6) is -0.822. The summed E-state index contributed by atoms with van der Waals surface area (Å²) in [6.07, 6.45) is 2.15. The lowest BCUT2D eigenvalue weighted by Crippen LogP contribution is -2.12. The molecule has 1 aliphatic heterocycles. The maximum absolute atomic E-state index is 13.1. The average molecular weight is 292 g/mol. The summed E-state index contributed by atoms with van der Waals surface area (Å²) in [4.78, 5) is 11.9. The minimum absolute atomic E-state index is 0.229. The van der Waals surface area contributed by atoms with Gasteiger partial charge in [-0.1, -0.05) is 17.4 Å². The fourth-order valence-corrected chi connectivity index (χ4v) is 2.97. The molecule has 1 aliphatic rings. The summed E-state index contributed by atoms with van der Waals surface area (Å²) < 4.78 is 13.1. The van der Waals surface area contributed by atoms with Gasteiger partial charge in [0.25, 0.3) is 5.91 Å². The van der Waals surface area contributed by atoms with Crippen molar-refractivity contribution in [1.29, 1.82) is 0 Å². The Morgan fingerprint density at radius 3 is 3.10 bits per heavy atom. The van der Waals surface area contributed by atoms with Crippen molar-refractivity contribution in [2.45, 2.75) is 18.9 Å². The molecule has 1 saturated heterocycles. The van der Waals surface area contributed by atoms with Crippen LogP contribution >= 0.6 is 11.3 Å². The van der Waals surface area contributed by atoms with Crippen LogP contribution in [0.1, 0.15) is 34.2 Å². The smallest absolute Gasteiger partial charge is 0.257 e. The van der Waals surface area contributed by atoms with Gasteiger partial charge in [-0.05, 0) is 37.6 Å². The van der Waals surface area contributed by atoms with Gasteiger partial charge in [-0.2, -0.15) is 0 Å². The molecule has 0 saturated carbocycles. The molecule has 2 heterocycles. The van der Waals surface area contributed by atoms with Crippen LogP contribution in [-0.2, 0) is 0 Å². The molecule has 0 aliphatic carbocycles. The van der Waals surface area contributed by atoms with E-state index in [1.165, 1.54) is 29.5 Å². The van der Waals surface area contributed by atoms with Crippen molar-refractivity contribution in [2.24, 2.45) is 0 Å². The molecule has 5 nitrogen and oxygen atoms in total. The second-order valence-corrected chi connectivity index (χ2v) is 5.57. The molecule has 0 radical (unpaired) electrons. The Labute approximate surface area is 119 Å². The van der Waals surface area contributed by atoms with Crippen LogP contribution in [0.3, 0.4) is 0 Å². The molecule has 1 atom stereocenters. The monoisotopic (exact) mass is 292 g/mol. The third-order valence-electron chi connectivity index (χ3n) is 3.11. The van der Waals surface area contributed by atoms with Crippen molar-refractivity contribution in [3.63, 3.8) is 0 Å². The van der Waals surface area contributed by atoms with Crippen molar-refractivity contribution < 1.29 is 9.18 Å². The maximum atomic E-state index is 13.1. The van der Waals surface area contributed by atoms with Crippen molar-refractivity contribution in [2.75, 3.05) is 11.9 Å². The lowest BCUT2D eigenvalue weighted by atomic mass is 10.2. The van der Waals surface area contributed by atoms with Crippen molar-refractivity contribution >= 4 is 22.4 Å². The fraction of sp³-hybridized carbons (Fsp3) is 0.308. The number of nitrogens with one attached hydrogen (secondary N) is 2. The maximum Gasteiger partial charge on any atom is 0.257 e. The number of rotatable bonds is 3. The molecular formula is C13H13FN4OS. The minimum atomic E-state index is -0.439. The zero-order chi connectivity index (χ0) is 13.9. The van der Waals surface area contributed by atoms with Crippen molar-refractivity contribution in [1.82, 2.24) is 15.5 Å². The number of benzene rings is 1. The van der Waals surface area contributed by atoms with Gasteiger partial charge >= 0.3 is 0 Å². The van der Waals surface area contributed by atoms with E-state index in [1.807, 2.05) is 0 Å². The quantitative estimate of drug-likeness (QED) is 0.911. The summed E-state index contributed by atoms with van der Waals surface area (Å²) >= 11 is 1.35. The predicted octanol–water partition coefficient (Wildman–Crippen LogP) is 2.35. The number of anilines is 1. The Balaban J connectivity index is 1.70. The topological polar surface area (TPSA) is 66.9 Å². The van der Waals surface area contributed by atoms with E-state index in [-0.39, 0.29) is 17.5 Å². The Bertz CT molecular complexity index is 624. The van der Waals surface area contributed by atoms with Gasteiger partial charge in [-0.15, -0.1) is 10.2 Å². The number of carbonyl (C=O) groups is 1. The van der Waals surface area contributed by atoms with Crippen LogP contribution in [-0.4, -0.2) is 22.6 Å². The summed E-state index contributed by atoms with van der Waals surface area (Å²) in [5.41, 5.74) is 0.265. The first-order chi connectivity index (χ1) is 9.72. The molecule has 1 fully saturated rings. The van der Waals surface area contributed by atoms with E-state index < -0.39 is 5.82 Å². The molecule has 2 N–H and O–H groups in total. The first-order valence-electron chi connectivity index (χ1n) is 6.36. The third-order valence-corrected chi connectivity index (χ3v) is 4.06. The van der Waals surface area contributed by atoms with Gasteiger partial charge in [-0.25, -0.2) is 4.39 Å². The van der Waals surface area contributed by atoms with E-state index in [0.29, 0.717) is 5.13 Å². The number of amides is 1. The molecule has 3 rings (SSSR count). The summed E-state index contributed by atoms with van der Waals surface area (Å²) in [7, 11) is 0. The van der Waals surface area contributed by atoms with E-state index in [0.717, 1.165) is 24.4 Å². The standard InChI is InChI=1S/C13H13FN4OS/c14-9-4-1-3-8(7-9)11(19)16-13-18-17-12(20-13)10-5-2-6-15-10/h1,3-4,7,10,15H,2,5-6H2,(H,16,18,19). The highest BCUT2D eigenvalue weighted by Gasteiger charge is 2.21. The van der Waals surface area contributed by atoms with E-state index >= 15 is 0 Å². The lowest BCUT2D eigenvalue weighted by molar-refractivity contribution is 0.102. The van der Waals surface area contributed by atoms with Crippen LogP contribution in [0.2, 0.25) is 0 Å². The Kier molecular flexibility index (Phi) is 3.70. The van der Waals surface area contributed by atoms with Gasteiger partial charge < -0.3 is 5.32 Å². The molecule has 2 aromatic rings. The molecule has 1 amide bonds. The SMILES string of the molecule is O=C(Nc1nnc(C2CCCN2)s1)c1cccc(F)c1. The molecule has 0 bridgehead atoms. The molecule has 104 valence electrons. The minimum Gasteiger partial charge on any atom is -0.308 e. The van der Waals surface area contributed by atoms with Crippen molar-refractivity contribution in [3.8, 4) is 0 Å². The summed E-state index contributed by atoms with van der Waals surface area (Å²) in [6, 6.07) is 5.77. The average Bonchev–Trinajstić information content (AvgIpc) is 3.08. The number of hydrogen-bond acceptors (Lipinski definition) is 5. The summed E-state index contributed by atoms with van der Waals surface area (Å²) in [6.45, 7) is 0.981. The number of hydrogen-bond donors (Lipinski definition) is 2. The number of aromatic nitrogens is 2. The number of nitrogens with zero attached hydrogens (tertiary/aromatic N) is 2. The number of halogens is 1. The Morgan fingerprint density at radius 1 is 1.45 bits per heavy atom. The van der Waals surface area contributed by atoms with Crippen molar-refractivity contribution in [3.05, 3.63) is 40.7 Å². The Hall–Kier alpha value is -1.86. The molecular weight excluding hydrogens is 279 g/mol. The molecule has 1 aromatic carbocycles. The van der Waals surface area contributed by atoms with Gasteiger partial charge in [0.15, 0.2) is 0 Å². The fourth-order valence-electron chi connectivity index (χ4n) is 2.12. The van der Waals surface area contributed by atoms with E-state index in [1.54, 1.807) is 6.07 Å². The van der Waals surface area contributed by atoms with Crippen LogP contribution in [0, 0.1) is 5.82 Å². The molecule has 20 heavy (non-hydrogen) atoms. The molecule has 7 heteroatoms. The lowest BCUT2D eigenvalue weighted by Gasteiger charge is -2.03. The number of carbonyl (C=O) groups excluding carboxylic acids is 1. The highest BCUT2D eigenvalue weighted by molar-refractivity contribution is 7.15. The first-order valence-corrected chi connectivity index (χ1v) is 7.18. The van der Waals surface area contributed by atoms with E-state index in [4.69, 9.17) is 0 Å². The van der Waals surface area contributed by atoms with E-state index in [2.05, 4.69) is 20.8 Å². The van der Waals surface area contributed by atoms with Crippen LogP contribution in [0.25, 0.3) is 0 Å². The van der Waals surface area contributed by atoms with Gasteiger partial charge in [0.2, 0.25) is 5.13 Å². The zero-order valence-corrected chi connectivity index (χ0v) is 11.4. The van der Waals surface area contributed by atoms with Gasteiger partial charge in [0.05, 0.1) is 6.04 Å². The van der Waals surface area contributed by atoms with Crippen LogP contribution < -0.4 is 10.6 Å². The van der Waals surface area contributed by atoms with E-state index in [9.17, 15) is 9.18 Å². The predicted molar refractivity (Wildman–Crippen MR) is 74.2 cm³/mol. The molecule has 1 unspecified atom stereocenters. The normalized spacial score (nSPS) is 18.1. The summed E-state index contributed by atoms with van der Waals surface area (Å²) in [5, 5.41) is 15.3. The zero-order valence-electron chi connectivity index (χ0n) is 10.6. The second-order valence-electron chi connectivity index (χ2n) is 4.56. The molecule has 1 aromatic heterocycles. The highest BCUT2D eigenvalue weighted by atomic mass is 32.1. The van der Waals surface area contributed by atoms with Crippen LogP contribution in [0.15, 0.2) is 24.3 Å². The van der Waals surface area contributed by atoms with Crippen LogP contribution in [0.5, 0.6) is 0 Å². The Morgan fingerprint density at radius 2 is 2.35 bits per heavy atom. The third kappa shape index (κ3) is 2.83. The molecule has 0 spiro atoms. The van der Waals surface area contributed by atoms with Gasteiger partial charge in [-0.3, -0.25) is 10.1 Å². The van der Waals surface area contributed by atoms with Crippen LogP contribution in [0.4, 0.5) is 9.52 Å². The first kappa shape index (κ1) is 13.1.